The summed E-state index contributed by atoms with van der Waals surface area (Å²) in [6, 6.07) is 17.4. The highest BCUT2D eigenvalue weighted by atomic mass is 16.4. The zero-order valence-corrected chi connectivity index (χ0v) is 13.8. The standard InChI is InChI=1S/C20H21NO3/c1-14(2)19(20(23)24)21-17(15-9-5-3-6-10-15)13-18(22)16-11-7-4-8-12-16/h3-14,19,21H,1-2H3,(H,23,24)/b17-13-/t19-/m1/s1. The fourth-order valence-corrected chi connectivity index (χ4v) is 2.32. The lowest BCUT2D eigenvalue weighted by Gasteiger charge is -2.21. The van der Waals surface area contributed by atoms with Gasteiger partial charge in [-0.3, -0.25) is 4.79 Å². The molecule has 0 bridgehead atoms. The highest BCUT2D eigenvalue weighted by Gasteiger charge is 2.22. The van der Waals surface area contributed by atoms with Gasteiger partial charge in [0, 0.05) is 17.3 Å². The summed E-state index contributed by atoms with van der Waals surface area (Å²) in [5.41, 5.74) is 1.84. The van der Waals surface area contributed by atoms with Crippen molar-refractivity contribution in [1.29, 1.82) is 0 Å². The molecule has 4 nitrogen and oxygen atoms in total. The van der Waals surface area contributed by atoms with Gasteiger partial charge in [0.15, 0.2) is 5.78 Å². The number of ketones is 1. The zero-order valence-electron chi connectivity index (χ0n) is 13.8. The molecule has 0 aromatic heterocycles. The Balaban J connectivity index is 2.38. The quantitative estimate of drug-likeness (QED) is 0.603. The van der Waals surface area contributed by atoms with Crippen molar-refractivity contribution in [3.05, 3.63) is 77.9 Å². The molecule has 0 saturated carbocycles. The molecule has 2 aromatic carbocycles. The van der Waals surface area contributed by atoms with Gasteiger partial charge in [0.1, 0.15) is 6.04 Å². The maximum Gasteiger partial charge on any atom is 0.326 e. The van der Waals surface area contributed by atoms with Crippen molar-refractivity contribution in [3.63, 3.8) is 0 Å². The van der Waals surface area contributed by atoms with Crippen LogP contribution >= 0.6 is 0 Å². The van der Waals surface area contributed by atoms with Crippen molar-refractivity contribution >= 4 is 17.4 Å². The normalized spacial score (nSPS) is 12.7. The summed E-state index contributed by atoms with van der Waals surface area (Å²) >= 11 is 0. The highest BCUT2D eigenvalue weighted by Crippen LogP contribution is 2.16. The minimum atomic E-state index is -0.945. The van der Waals surface area contributed by atoms with E-state index < -0.39 is 12.0 Å². The van der Waals surface area contributed by atoms with Crippen molar-refractivity contribution in [2.45, 2.75) is 19.9 Å². The first kappa shape index (κ1) is 17.5. The summed E-state index contributed by atoms with van der Waals surface area (Å²) in [6.45, 7) is 3.65. The summed E-state index contributed by atoms with van der Waals surface area (Å²) in [4.78, 5) is 24.0. The Hall–Kier alpha value is -2.88. The molecular weight excluding hydrogens is 302 g/mol. The van der Waals surface area contributed by atoms with Crippen molar-refractivity contribution in [2.24, 2.45) is 5.92 Å². The van der Waals surface area contributed by atoms with E-state index in [2.05, 4.69) is 5.32 Å². The molecule has 2 N–H and O–H groups in total. The van der Waals surface area contributed by atoms with Gasteiger partial charge in [0.25, 0.3) is 0 Å². The summed E-state index contributed by atoms with van der Waals surface area (Å²) < 4.78 is 0. The molecule has 2 rings (SSSR count). The van der Waals surface area contributed by atoms with Gasteiger partial charge in [-0.15, -0.1) is 0 Å². The molecule has 0 aliphatic heterocycles. The van der Waals surface area contributed by atoms with E-state index in [-0.39, 0.29) is 11.7 Å². The SMILES string of the molecule is CC(C)[C@@H](N/C(=C\C(=O)c1ccccc1)c1ccccc1)C(=O)O. The van der Waals surface area contributed by atoms with Crippen molar-refractivity contribution < 1.29 is 14.7 Å². The molecule has 1 atom stereocenters. The molecule has 0 aliphatic rings. The molecule has 0 aliphatic carbocycles. The number of benzene rings is 2. The van der Waals surface area contributed by atoms with Crippen LogP contribution in [0.5, 0.6) is 0 Å². The van der Waals surface area contributed by atoms with Gasteiger partial charge in [-0.25, -0.2) is 4.79 Å². The molecule has 0 spiro atoms. The first-order chi connectivity index (χ1) is 11.5. The van der Waals surface area contributed by atoms with Crippen LogP contribution in [0.2, 0.25) is 0 Å². The van der Waals surface area contributed by atoms with Crippen LogP contribution in [0, 0.1) is 5.92 Å². The van der Waals surface area contributed by atoms with E-state index in [0.717, 1.165) is 5.56 Å². The molecule has 0 heterocycles. The van der Waals surface area contributed by atoms with E-state index in [9.17, 15) is 14.7 Å². The van der Waals surface area contributed by atoms with Gasteiger partial charge >= 0.3 is 5.97 Å². The number of hydrogen-bond acceptors (Lipinski definition) is 3. The predicted octanol–water partition coefficient (Wildman–Crippen LogP) is 3.61. The molecule has 0 radical (unpaired) electrons. The topological polar surface area (TPSA) is 66.4 Å². The second kappa shape index (κ2) is 8.11. The summed E-state index contributed by atoms with van der Waals surface area (Å²) in [5.74, 6) is -1.24. The lowest BCUT2D eigenvalue weighted by molar-refractivity contribution is -0.140. The Labute approximate surface area is 141 Å². The molecule has 0 fully saturated rings. The fraction of sp³-hybridized carbons (Fsp3) is 0.200. The number of hydrogen-bond donors (Lipinski definition) is 2. The molecule has 0 unspecified atom stereocenters. The van der Waals surface area contributed by atoms with Crippen LogP contribution in [0.25, 0.3) is 5.70 Å². The largest absolute Gasteiger partial charge is 0.480 e. The average Bonchev–Trinajstić information content (AvgIpc) is 2.59. The van der Waals surface area contributed by atoms with Crippen LogP contribution in [-0.2, 0) is 4.79 Å². The Morgan fingerprint density at radius 1 is 0.917 bits per heavy atom. The van der Waals surface area contributed by atoms with E-state index in [1.807, 2.05) is 50.2 Å². The Kier molecular flexibility index (Phi) is 5.90. The third kappa shape index (κ3) is 4.56. The number of carbonyl (C=O) groups is 2. The smallest absolute Gasteiger partial charge is 0.326 e. The van der Waals surface area contributed by atoms with E-state index in [0.29, 0.717) is 11.3 Å². The van der Waals surface area contributed by atoms with Crippen LogP contribution in [-0.4, -0.2) is 22.9 Å². The number of allylic oxidation sites excluding steroid dienone is 1. The Morgan fingerprint density at radius 2 is 1.42 bits per heavy atom. The van der Waals surface area contributed by atoms with E-state index >= 15 is 0 Å². The van der Waals surface area contributed by atoms with Gasteiger partial charge in [0.2, 0.25) is 0 Å². The molecular formula is C20H21NO3. The number of nitrogens with one attached hydrogen (secondary N) is 1. The number of rotatable bonds is 7. The zero-order chi connectivity index (χ0) is 17.5. The highest BCUT2D eigenvalue weighted by molar-refractivity contribution is 6.08. The van der Waals surface area contributed by atoms with E-state index in [1.165, 1.54) is 6.08 Å². The molecule has 0 amide bonds. The number of carboxylic acids is 1. The van der Waals surface area contributed by atoms with Crippen LogP contribution in [0.1, 0.15) is 29.8 Å². The van der Waals surface area contributed by atoms with Crippen LogP contribution in [0.15, 0.2) is 66.7 Å². The van der Waals surface area contributed by atoms with Gasteiger partial charge < -0.3 is 10.4 Å². The maximum atomic E-state index is 12.5. The van der Waals surface area contributed by atoms with Gasteiger partial charge in [0.05, 0.1) is 0 Å². The first-order valence-corrected chi connectivity index (χ1v) is 7.85. The minimum Gasteiger partial charge on any atom is -0.480 e. The van der Waals surface area contributed by atoms with E-state index in [4.69, 9.17) is 0 Å². The second-order valence-corrected chi connectivity index (χ2v) is 5.86. The average molecular weight is 323 g/mol. The fourth-order valence-electron chi connectivity index (χ4n) is 2.32. The van der Waals surface area contributed by atoms with Gasteiger partial charge in [-0.05, 0) is 11.5 Å². The number of carbonyl (C=O) groups excluding carboxylic acids is 1. The first-order valence-electron chi connectivity index (χ1n) is 7.85. The van der Waals surface area contributed by atoms with Crippen molar-refractivity contribution in [2.75, 3.05) is 0 Å². The molecule has 124 valence electrons. The lowest BCUT2D eigenvalue weighted by atomic mass is 10.0. The Bertz CT molecular complexity index is 721. The summed E-state index contributed by atoms with van der Waals surface area (Å²) in [7, 11) is 0. The monoisotopic (exact) mass is 323 g/mol. The maximum absolute atomic E-state index is 12.5. The van der Waals surface area contributed by atoms with Crippen LogP contribution < -0.4 is 5.32 Å². The molecule has 0 saturated heterocycles. The number of carboxylic acid groups (broad SMARTS) is 1. The minimum absolute atomic E-state index is 0.124. The summed E-state index contributed by atoms with van der Waals surface area (Å²) in [6.07, 6.45) is 1.46. The van der Waals surface area contributed by atoms with Crippen LogP contribution in [0.4, 0.5) is 0 Å². The number of aliphatic carboxylic acids is 1. The van der Waals surface area contributed by atoms with Crippen molar-refractivity contribution in [3.8, 4) is 0 Å². The van der Waals surface area contributed by atoms with Gasteiger partial charge in [-0.2, -0.15) is 0 Å². The van der Waals surface area contributed by atoms with Gasteiger partial charge in [-0.1, -0.05) is 74.5 Å². The Morgan fingerprint density at radius 3 is 1.88 bits per heavy atom. The molecule has 2 aromatic rings. The van der Waals surface area contributed by atoms with Crippen LogP contribution in [0.3, 0.4) is 0 Å². The third-order valence-electron chi connectivity index (χ3n) is 3.66. The molecule has 4 heteroatoms. The van der Waals surface area contributed by atoms with E-state index in [1.54, 1.807) is 24.3 Å². The lowest BCUT2D eigenvalue weighted by Crippen LogP contribution is -2.40. The second-order valence-electron chi connectivity index (χ2n) is 5.86. The van der Waals surface area contributed by atoms with Crippen molar-refractivity contribution in [1.82, 2.24) is 5.32 Å². The molecule has 24 heavy (non-hydrogen) atoms. The third-order valence-corrected chi connectivity index (χ3v) is 3.66. The summed E-state index contributed by atoms with van der Waals surface area (Å²) in [5, 5.41) is 12.4. The predicted molar refractivity (Wildman–Crippen MR) is 94.6 cm³/mol.